The molecule has 0 aliphatic carbocycles. The van der Waals surface area contributed by atoms with Crippen LogP contribution in [0.2, 0.25) is 0 Å². The molecule has 0 radical (unpaired) electrons. The van der Waals surface area contributed by atoms with Gasteiger partial charge in [0, 0.05) is 18.0 Å². The molecule has 3 aromatic rings. The normalized spacial score (nSPS) is 11.2. The first-order valence-corrected chi connectivity index (χ1v) is 6.33. The molecule has 1 N–H and O–H groups in total. The highest BCUT2D eigenvalue weighted by molar-refractivity contribution is 7.71. The van der Waals surface area contributed by atoms with Crippen molar-refractivity contribution in [3.05, 3.63) is 53.0 Å². The van der Waals surface area contributed by atoms with Crippen LogP contribution in [-0.4, -0.2) is 26.1 Å². The van der Waals surface area contributed by atoms with Crippen molar-refractivity contribution in [1.82, 2.24) is 19.9 Å². The van der Waals surface area contributed by atoms with Crippen LogP contribution in [0.4, 0.5) is 0 Å². The molecule has 3 rings (SSSR count). The van der Waals surface area contributed by atoms with Gasteiger partial charge in [-0.15, -0.1) is 0 Å². The maximum absolute atomic E-state index is 5.43. The van der Waals surface area contributed by atoms with Crippen LogP contribution in [0.3, 0.4) is 0 Å². The van der Waals surface area contributed by atoms with Gasteiger partial charge in [0.2, 0.25) is 4.77 Å². The largest absolute Gasteiger partial charge is 0.460 e. The Kier molecular flexibility index (Phi) is 3.26. The summed E-state index contributed by atoms with van der Waals surface area (Å²) in [5.41, 5.74) is 0.875. The van der Waals surface area contributed by atoms with Crippen molar-refractivity contribution in [2.45, 2.75) is 6.92 Å². The fourth-order valence-electron chi connectivity index (χ4n) is 1.72. The van der Waals surface area contributed by atoms with E-state index >= 15 is 0 Å². The molecule has 6 nitrogen and oxygen atoms in total. The molecule has 0 aromatic carbocycles. The van der Waals surface area contributed by atoms with Crippen LogP contribution in [0.25, 0.3) is 11.4 Å². The van der Waals surface area contributed by atoms with E-state index in [0.717, 1.165) is 11.3 Å². The number of hydrogen-bond acceptors (Lipinski definition) is 5. The second kappa shape index (κ2) is 5.22. The summed E-state index contributed by atoms with van der Waals surface area (Å²) in [5, 5.41) is 11.2. The Balaban J connectivity index is 2.00. The first-order chi connectivity index (χ1) is 9.74. The van der Waals surface area contributed by atoms with Gasteiger partial charge in [0.05, 0.1) is 6.21 Å². The fourth-order valence-corrected chi connectivity index (χ4v) is 1.90. The fraction of sp³-hybridized carbons (Fsp3) is 0.0769. The topological polar surface area (TPSA) is 72.0 Å². The third-order valence-electron chi connectivity index (χ3n) is 2.65. The van der Waals surface area contributed by atoms with Gasteiger partial charge < -0.3 is 4.42 Å². The van der Waals surface area contributed by atoms with Crippen LogP contribution in [0.15, 0.2) is 46.2 Å². The highest BCUT2D eigenvalue weighted by atomic mass is 32.1. The summed E-state index contributed by atoms with van der Waals surface area (Å²) < 4.78 is 7.39. The molecule has 0 bridgehead atoms. The molecular formula is C13H11N5OS. The number of aryl methyl sites for hydroxylation is 1. The number of aromatic nitrogens is 4. The second-order valence-electron chi connectivity index (χ2n) is 4.09. The lowest BCUT2D eigenvalue weighted by molar-refractivity contribution is 0.527. The van der Waals surface area contributed by atoms with Crippen LogP contribution in [0.5, 0.6) is 0 Å². The van der Waals surface area contributed by atoms with E-state index < -0.39 is 0 Å². The van der Waals surface area contributed by atoms with E-state index in [1.165, 1.54) is 0 Å². The first-order valence-electron chi connectivity index (χ1n) is 5.92. The maximum atomic E-state index is 5.43. The van der Waals surface area contributed by atoms with Gasteiger partial charge in [-0.3, -0.25) is 4.98 Å². The highest BCUT2D eigenvalue weighted by Gasteiger charge is 2.07. The third kappa shape index (κ3) is 2.43. The number of pyridine rings is 1. The smallest absolute Gasteiger partial charge is 0.216 e. The minimum atomic E-state index is 0.413. The number of H-pyrrole nitrogens is 1. The Morgan fingerprint density at radius 2 is 2.10 bits per heavy atom. The third-order valence-corrected chi connectivity index (χ3v) is 2.91. The zero-order valence-corrected chi connectivity index (χ0v) is 11.5. The molecule has 0 unspecified atom stereocenters. The molecule has 0 fully saturated rings. The Morgan fingerprint density at radius 1 is 1.30 bits per heavy atom. The van der Waals surface area contributed by atoms with E-state index in [9.17, 15) is 0 Å². The van der Waals surface area contributed by atoms with Crippen LogP contribution >= 0.6 is 12.2 Å². The molecule has 0 amide bonds. The molecular weight excluding hydrogens is 274 g/mol. The summed E-state index contributed by atoms with van der Waals surface area (Å²) in [6.45, 7) is 1.88. The quantitative estimate of drug-likeness (QED) is 0.593. The Morgan fingerprint density at radius 3 is 2.80 bits per heavy atom. The summed E-state index contributed by atoms with van der Waals surface area (Å²) in [6, 6.07) is 7.40. The maximum Gasteiger partial charge on any atom is 0.216 e. The van der Waals surface area contributed by atoms with Crippen molar-refractivity contribution < 1.29 is 4.42 Å². The minimum Gasteiger partial charge on any atom is -0.460 e. The number of furan rings is 1. The lowest BCUT2D eigenvalue weighted by Crippen LogP contribution is -1.94. The standard InChI is InChI=1S/C13H11N5OS/c1-9-2-3-11(19-9)8-15-18-12(16-17-13(18)20)10-4-6-14-7-5-10/h2-8H,1H3,(H,17,20). The number of aromatic amines is 1. The Labute approximate surface area is 119 Å². The Hall–Kier alpha value is -2.54. The predicted octanol–water partition coefficient (Wildman–Crippen LogP) is 2.79. The molecule has 0 saturated carbocycles. The van der Waals surface area contributed by atoms with Crippen molar-refractivity contribution in [3.8, 4) is 11.4 Å². The van der Waals surface area contributed by atoms with Crippen LogP contribution < -0.4 is 0 Å². The predicted molar refractivity (Wildman–Crippen MR) is 77.1 cm³/mol. The molecule has 20 heavy (non-hydrogen) atoms. The van der Waals surface area contributed by atoms with Crippen LogP contribution in [-0.2, 0) is 0 Å². The number of hydrogen-bond donors (Lipinski definition) is 1. The van der Waals surface area contributed by atoms with Crippen LogP contribution in [0.1, 0.15) is 11.5 Å². The summed E-state index contributed by atoms with van der Waals surface area (Å²) in [7, 11) is 0. The number of rotatable bonds is 3. The van der Waals surface area contributed by atoms with Gasteiger partial charge in [-0.05, 0) is 43.4 Å². The van der Waals surface area contributed by atoms with Gasteiger partial charge in [0.1, 0.15) is 11.5 Å². The second-order valence-corrected chi connectivity index (χ2v) is 4.48. The van der Waals surface area contributed by atoms with Crippen molar-refractivity contribution >= 4 is 18.4 Å². The molecule has 0 aliphatic heterocycles. The lowest BCUT2D eigenvalue weighted by atomic mass is 10.2. The molecule has 3 heterocycles. The van der Waals surface area contributed by atoms with Crippen molar-refractivity contribution in [3.63, 3.8) is 0 Å². The van der Waals surface area contributed by atoms with E-state index in [4.69, 9.17) is 16.6 Å². The van der Waals surface area contributed by atoms with Gasteiger partial charge in [-0.25, -0.2) is 5.10 Å². The lowest BCUT2D eigenvalue weighted by Gasteiger charge is -1.99. The van der Waals surface area contributed by atoms with E-state index in [1.54, 1.807) is 23.3 Å². The number of nitrogens with one attached hydrogen (secondary N) is 1. The van der Waals surface area contributed by atoms with Gasteiger partial charge in [-0.2, -0.15) is 14.9 Å². The molecule has 0 saturated heterocycles. The average molecular weight is 285 g/mol. The van der Waals surface area contributed by atoms with Gasteiger partial charge in [0.25, 0.3) is 0 Å². The van der Waals surface area contributed by atoms with E-state index in [1.807, 2.05) is 31.2 Å². The van der Waals surface area contributed by atoms with Crippen molar-refractivity contribution in [2.24, 2.45) is 5.10 Å². The highest BCUT2D eigenvalue weighted by Crippen LogP contribution is 2.15. The zero-order chi connectivity index (χ0) is 13.9. The monoisotopic (exact) mass is 285 g/mol. The summed E-state index contributed by atoms with van der Waals surface area (Å²) in [5.74, 6) is 2.11. The zero-order valence-electron chi connectivity index (χ0n) is 10.6. The van der Waals surface area contributed by atoms with E-state index in [2.05, 4.69) is 20.3 Å². The van der Waals surface area contributed by atoms with E-state index in [-0.39, 0.29) is 0 Å². The van der Waals surface area contributed by atoms with Gasteiger partial charge in [-0.1, -0.05) is 0 Å². The minimum absolute atomic E-state index is 0.413. The van der Waals surface area contributed by atoms with Gasteiger partial charge >= 0.3 is 0 Å². The molecule has 0 atom stereocenters. The molecule has 0 aliphatic rings. The SMILES string of the molecule is Cc1ccc(C=Nn2c(-c3ccncc3)n[nH]c2=S)o1. The summed E-state index contributed by atoms with van der Waals surface area (Å²) in [4.78, 5) is 3.98. The summed E-state index contributed by atoms with van der Waals surface area (Å²) >= 11 is 5.18. The number of nitrogens with zero attached hydrogens (tertiary/aromatic N) is 4. The van der Waals surface area contributed by atoms with Gasteiger partial charge in [0.15, 0.2) is 5.82 Å². The molecule has 100 valence electrons. The van der Waals surface area contributed by atoms with Crippen molar-refractivity contribution in [2.75, 3.05) is 0 Å². The molecule has 7 heteroatoms. The van der Waals surface area contributed by atoms with Crippen LogP contribution in [0, 0.1) is 11.7 Å². The van der Waals surface area contributed by atoms with Crippen molar-refractivity contribution in [1.29, 1.82) is 0 Å². The first kappa shape index (κ1) is 12.5. The molecule has 3 aromatic heterocycles. The van der Waals surface area contributed by atoms with E-state index in [0.29, 0.717) is 16.4 Å². The average Bonchev–Trinajstić information content (AvgIpc) is 3.04. The Bertz CT molecular complexity index is 800. The summed E-state index contributed by atoms with van der Waals surface area (Å²) in [6.07, 6.45) is 4.98. The molecule has 0 spiro atoms.